The van der Waals surface area contributed by atoms with E-state index in [4.69, 9.17) is 0 Å². The van der Waals surface area contributed by atoms with Crippen molar-refractivity contribution < 1.29 is 0 Å². The van der Waals surface area contributed by atoms with Crippen molar-refractivity contribution in [1.82, 2.24) is 0 Å². The predicted molar refractivity (Wildman–Crippen MR) is 92.0 cm³/mol. The van der Waals surface area contributed by atoms with Crippen LogP contribution in [0.15, 0.2) is 73.3 Å². The molecule has 0 aliphatic carbocycles. The SMILES string of the molecule is C=C/C=C(\C=C/C)c1ccc2c(c1)Cc1ccccc1N2. The van der Waals surface area contributed by atoms with Gasteiger partial charge < -0.3 is 5.32 Å². The summed E-state index contributed by atoms with van der Waals surface area (Å²) in [5, 5.41) is 3.51. The van der Waals surface area contributed by atoms with E-state index in [0.717, 1.165) is 6.42 Å². The maximum absolute atomic E-state index is 3.80. The summed E-state index contributed by atoms with van der Waals surface area (Å²) in [7, 11) is 0. The molecule has 21 heavy (non-hydrogen) atoms. The fraction of sp³-hybridized carbons (Fsp3) is 0.100. The third-order valence-corrected chi connectivity index (χ3v) is 3.75. The van der Waals surface area contributed by atoms with Crippen LogP contribution in [0, 0.1) is 0 Å². The molecule has 2 aromatic rings. The van der Waals surface area contributed by atoms with Crippen molar-refractivity contribution >= 4 is 16.9 Å². The molecule has 1 heterocycles. The van der Waals surface area contributed by atoms with Crippen molar-refractivity contribution in [2.75, 3.05) is 5.32 Å². The molecular weight excluding hydrogens is 254 g/mol. The molecule has 0 amide bonds. The molecule has 1 aliphatic heterocycles. The summed E-state index contributed by atoms with van der Waals surface area (Å²) in [6.07, 6.45) is 9.04. The fourth-order valence-corrected chi connectivity index (χ4v) is 2.74. The van der Waals surface area contributed by atoms with Crippen molar-refractivity contribution in [2.24, 2.45) is 0 Å². The second-order valence-corrected chi connectivity index (χ2v) is 5.19. The molecule has 1 nitrogen and oxygen atoms in total. The van der Waals surface area contributed by atoms with Crippen LogP contribution in [0.3, 0.4) is 0 Å². The quantitative estimate of drug-likeness (QED) is 0.623. The molecule has 1 N–H and O–H groups in total. The van der Waals surface area contributed by atoms with Gasteiger partial charge in [-0.25, -0.2) is 0 Å². The average Bonchev–Trinajstić information content (AvgIpc) is 2.52. The summed E-state index contributed by atoms with van der Waals surface area (Å²) in [6, 6.07) is 15.1. The van der Waals surface area contributed by atoms with Gasteiger partial charge in [-0.3, -0.25) is 0 Å². The minimum absolute atomic E-state index is 0.976. The Hall–Kier alpha value is -2.54. The number of benzene rings is 2. The second kappa shape index (κ2) is 5.84. The molecule has 2 aromatic carbocycles. The standard InChI is InChI=1S/C20H19N/c1-3-7-15(8-4-2)16-11-12-20-18(13-16)14-17-9-5-6-10-19(17)21-20/h3-13,21H,1,14H2,2H3/b8-4-,15-7+. The van der Waals surface area contributed by atoms with E-state index in [2.05, 4.69) is 66.5 Å². The Kier molecular flexibility index (Phi) is 3.74. The monoisotopic (exact) mass is 273 g/mol. The van der Waals surface area contributed by atoms with Gasteiger partial charge in [-0.15, -0.1) is 0 Å². The van der Waals surface area contributed by atoms with Crippen LogP contribution in [0.1, 0.15) is 23.6 Å². The van der Waals surface area contributed by atoms with Crippen LogP contribution in [-0.2, 0) is 6.42 Å². The first-order valence-electron chi connectivity index (χ1n) is 7.25. The van der Waals surface area contributed by atoms with Crippen molar-refractivity contribution in [2.45, 2.75) is 13.3 Å². The van der Waals surface area contributed by atoms with E-state index in [1.165, 1.54) is 33.6 Å². The Bertz CT molecular complexity index is 735. The smallest absolute Gasteiger partial charge is 0.0420 e. The van der Waals surface area contributed by atoms with Crippen LogP contribution in [0.25, 0.3) is 5.57 Å². The first kappa shape index (κ1) is 13.4. The second-order valence-electron chi connectivity index (χ2n) is 5.19. The maximum Gasteiger partial charge on any atom is 0.0420 e. The summed E-state index contributed by atoms with van der Waals surface area (Å²) < 4.78 is 0. The fourth-order valence-electron chi connectivity index (χ4n) is 2.74. The average molecular weight is 273 g/mol. The highest BCUT2D eigenvalue weighted by atomic mass is 14.9. The topological polar surface area (TPSA) is 12.0 Å². The highest BCUT2D eigenvalue weighted by Crippen LogP contribution is 2.34. The number of nitrogens with one attached hydrogen (secondary N) is 1. The first-order valence-corrected chi connectivity index (χ1v) is 7.25. The molecule has 0 bridgehead atoms. The van der Waals surface area contributed by atoms with Gasteiger partial charge in [0.1, 0.15) is 0 Å². The molecule has 104 valence electrons. The van der Waals surface area contributed by atoms with Gasteiger partial charge in [0.2, 0.25) is 0 Å². The largest absolute Gasteiger partial charge is 0.355 e. The Morgan fingerprint density at radius 2 is 1.90 bits per heavy atom. The highest BCUT2D eigenvalue weighted by Gasteiger charge is 2.14. The lowest BCUT2D eigenvalue weighted by Gasteiger charge is -2.22. The van der Waals surface area contributed by atoms with Crippen molar-refractivity contribution in [3.63, 3.8) is 0 Å². The van der Waals surface area contributed by atoms with Crippen molar-refractivity contribution in [3.05, 3.63) is 90.0 Å². The number of hydrogen-bond acceptors (Lipinski definition) is 1. The molecule has 0 aromatic heterocycles. The van der Waals surface area contributed by atoms with E-state index < -0.39 is 0 Å². The molecule has 1 heteroatoms. The Labute approximate surface area is 126 Å². The molecule has 0 fully saturated rings. The summed E-state index contributed by atoms with van der Waals surface area (Å²) in [5.74, 6) is 0. The molecule has 0 saturated carbocycles. The van der Waals surface area contributed by atoms with Crippen LogP contribution in [-0.4, -0.2) is 0 Å². The molecule has 0 atom stereocenters. The maximum atomic E-state index is 3.80. The summed E-state index contributed by atoms with van der Waals surface area (Å²) in [4.78, 5) is 0. The molecule has 0 unspecified atom stereocenters. The first-order chi connectivity index (χ1) is 10.3. The molecule has 0 radical (unpaired) electrons. The lowest BCUT2D eigenvalue weighted by Crippen LogP contribution is -2.06. The number of allylic oxidation sites excluding steroid dienone is 5. The van der Waals surface area contributed by atoms with E-state index in [-0.39, 0.29) is 0 Å². The normalized spacial score (nSPS) is 13.5. The number of para-hydroxylation sites is 1. The lowest BCUT2D eigenvalue weighted by molar-refractivity contribution is 1.15. The van der Waals surface area contributed by atoms with Gasteiger partial charge in [-0.2, -0.15) is 0 Å². The number of fused-ring (bicyclic) bond motifs is 2. The Morgan fingerprint density at radius 1 is 1.10 bits per heavy atom. The van der Waals surface area contributed by atoms with Crippen molar-refractivity contribution in [3.8, 4) is 0 Å². The zero-order valence-corrected chi connectivity index (χ0v) is 12.3. The van der Waals surface area contributed by atoms with Gasteiger partial charge >= 0.3 is 0 Å². The molecule has 1 aliphatic rings. The minimum Gasteiger partial charge on any atom is -0.355 e. The van der Waals surface area contributed by atoms with Crippen LogP contribution in [0.5, 0.6) is 0 Å². The number of hydrogen-bond donors (Lipinski definition) is 1. The minimum atomic E-state index is 0.976. The van der Waals surface area contributed by atoms with E-state index in [1.54, 1.807) is 0 Å². The van der Waals surface area contributed by atoms with Crippen LogP contribution in [0.2, 0.25) is 0 Å². The zero-order chi connectivity index (χ0) is 14.7. The zero-order valence-electron chi connectivity index (χ0n) is 12.3. The van der Waals surface area contributed by atoms with Gasteiger partial charge in [-0.05, 0) is 47.4 Å². The Balaban J connectivity index is 2.00. The molecule has 0 saturated heterocycles. The molecule has 0 spiro atoms. The Morgan fingerprint density at radius 3 is 2.71 bits per heavy atom. The van der Waals surface area contributed by atoms with Gasteiger partial charge in [0, 0.05) is 17.8 Å². The third-order valence-electron chi connectivity index (χ3n) is 3.75. The van der Waals surface area contributed by atoms with Crippen molar-refractivity contribution in [1.29, 1.82) is 0 Å². The van der Waals surface area contributed by atoms with E-state index in [1.807, 2.05) is 19.1 Å². The van der Waals surface area contributed by atoms with Gasteiger partial charge in [-0.1, -0.05) is 55.1 Å². The number of anilines is 2. The summed E-state index contributed by atoms with van der Waals surface area (Å²) in [5.41, 5.74) is 7.53. The van der Waals surface area contributed by atoms with Gasteiger partial charge in [0.05, 0.1) is 0 Å². The van der Waals surface area contributed by atoms with Crippen LogP contribution in [0.4, 0.5) is 11.4 Å². The highest BCUT2D eigenvalue weighted by molar-refractivity contribution is 5.79. The van der Waals surface area contributed by atoms with Crippen LogP contribution < -0.4 is 5.32 Å². The van der Waals surface area contributed by atoms with E-state index in [9.17, 15) is 0 Å². The van der Waals surface area contributed by atoms with E-state index >= 15 is 0 Å². The van der Waals surface area contributed by atoms with E-state index in [0.29, 0.717) is 0 Å². The molecular formula is C20H19N. The number of rotatable bonds is 3. The van der Waals surface area contributed by atoms with Gasteiger partial charge in [0.25, 0.3) is 0 Å². The summed E-state index contributed by atoms with van der Waals surface area (Å²) >= 11 is 0. The predicted octanol–water partition coefficient (Wildman–Crippen LogP) is 5.48. The lowest BCUT2D eigenvalue weighted by atomic mass is 9.93. The third kappa shape index (κ3) is 2.68. The molecule has 3 rings (SSSR count). The summed E-state index contributed by atoms with van der Waals surface area (Å²) in [6.45, 7) is 5.84. The van der Waals surface area contributed by atoms with Crippen LogP contribution >= 0.6 is 0 Å². The van der Waals surface area contributed by atoms with Gasteiger partial charge in [0.15, 0.2) is 0 Å².